The van der Waals surface area contributed by atoms with Crippen molar-refractivity contribution in [2.75, 3.05) is 0 Å². The third kappa shape index (κ3) is 3.98. The van der Waals surface area contributed by atoms with Crippen LogP contribution in [0.15, 0.2) is 91.0 Å². The topological polar surface area (TPSA) is 44.1 Å². The zero-order valence-electron chi connectivity index (χ0n) is 17.2. The van der Waals surface area contributed by atoms with Gasteiger partial charge in [-0.3, -0.25) is 0 Å². The molecule has 1 aliphatic heterocycles. The van der Waals surface area contributed by atoms with Crippen molar-refractivity contribution >= 4 is 40.2 Å². The Bertz CT molecular complexity index is 1350. The van der Waals surface area contributed by atoms with E-state index in [4.69, 9.17) is 21.4 Å². The van der Waals surface area contributed by atoms with Crippen LogP contribution in [0, 0.1) is 9.39 Å². The summed E-state index contributed by atoms with van der Waals surface area (Å²) in [7, 11) is 0. The Morgan fingerprint density at radius 2 is 1.67 bits per heavy atom. The maximum absolute atomic E-state index is 13.6. The maximum Gasteiger partial charge on any atom is 0.334 e. The molecule has 4 aromatic rings. The van der Waals surface area contributed by atoms with Gasteiger partial charge in [-0.05, 0) is 76.7 Å². The van der Waals surface area contributed by atoms with Gasteiger partial charge in [0.15, 0.2) is 6.10 Å². The molecule has 5 rings (SSSR count). The van der Waals surface area contributed by atoms with Gasteiger partial charge in [0, 0.05) is 16.2 Å². The van der Waals surface area contributed by atoms with Crippen LogP contribution in [0.1, 0.15) is 23.3 Å². The highest BCUT2D eigenvalue weighted by Gasteiger charge is 2.43. The fourth-order valence-corrected chi connectivity index (χ4v) is 5.12. The molecule has 164 valence electrons. The molecule has 0 radical (unpaired) electrons. The number of halogens is 3. The number of carbonyl (C=O) groups excluding carboxylic acids is 1. The number of hydrogen-bond donors (Lipinski definition) is 0. The van der Waals surface area contributed by atoms with Crippen molar-refractivity contribution in [1.29, 1.82) is 0 Å². The van der Waals surface area contributed by atoms with Crippen LogP contribution in [0.4, 0.5) is 4.39 Å². The van der Waals surface area contributed by atoms with Gasteiger partial charge in [-0.15, -0.1) is 0 Å². The molecule has 33 heavy (non-hydrogen) atoms. The van der Waals surface area contributed by atoms with Gasteiger partial charge in [0.05, 0.1) is 20.9 Å². The lowest BCUT2D eigenvalue weighted by atomic mass is 9.88. The molecule has 2 atom stereocenters. The first-order valence-corrected chi connectivity index (χ1v) is 11.6. The second kappa shape index (κ2) is 8.76. The number of rotatable bonds is 4. The molecule has 1 fully saturated rings. The van der Waals surface area contributed by atoms with Gasteiger partial charge in [0.1, 0.15) is 11.5 Å². The van der Waals surface area contributed by atoms with Crippen molar-refractivity contribution in [2.45, 2.75) is 12.0 Å². The fourth-order valence-electron chi connectivity index (χ4n) is 4.04. The van der Waals surface area contributed by atoms with Gasteiger partial charge < -0.3 is 4.74 Å². The number of benzene rings is 3. The number of ether oxygens (including phenoxy) is 1. The lowest BCUT2D eigenvalue weighted by Gasteiger charge is -2.17. The molecule has 2 unspecified atom stereocenters. The Balaban J connectivity index is 1.69. The first kappa shape index (κ1) is 21.9. The molecular weight excluding hydrogens is 554 g/mol. The van der Waals surface area contributed by atoms with E-state index in [2.05, 4.69) is 29.2 Å². The predicted octanol–water partition coefficient (Wildman–Crippen LogP) is 6.87. The Labute approximate surface area is 208 Å². The summed E-state index contributed by atoms with van der Waals surface area (Å²) < 4.78 is 22.0. The highest BCUT2D eigenvalue weighted by atomic mass is 127. The zero-order valence-corrected chi connectivity index (χ0v) is 20.1. The average Bonchev–Trinajstić information content (AvgIpc) is 3.32. The van der Waals surface area contributed by atoms with Crippen molar-refractivity contribution in [3.8, 4) is 16.9 Å². The zero-order chi connectivity index (χ0) is 23.1. The summed E-state index contributed by atoms with van der Waals surface area (Å²) in [5.74, 6) is -1.17. The van der Waals surface area contributed by atoms with E-state index in [0.717, 1.165) is 26.1 Å². The van der Waals surface area contributed by atoms with Crippen LogP contribution in [0.25, 0.3) is 16.9 Å². The van der Waals surface area contributed by atoms with E-state index in [1.807, 2.05) is 42.5 Å². The predicted molar refractivity (Wildman–Crippen MR) is 134 cm³/mol. The van der Waals surface area contributed by atoms with Gasteiger partial charge in [-0.2, -0.15) is 5.10 Å². The smallest absolute Gasteiger partial charge is 0.334 e. The molecule has 3 aromatic carbocycles. The molecule has 0 saturated carbocycles. The molecule has 0 bridgehead atoms. The summed E-state index contributed by atoms with van der Waals surface area (Å²) in [6, 6.07) is 23.2. The van der Waals surface area contributed by atoms with E-state index < -0.39 is 18.0 Å². The van der Waals surface area contributed by atoms with Crippen LogP contribution >= 0.6 is 34.2 Å². The molecule has 1 aliphatic rings. The van der Waals surface area contributed by atoms with Crippen LogP contribution in [-0.4, -0.2) is 15.7 Å². The highest BCUT2D eigenvalue weighted by Crippen LogP contribution is 2.47. The summed E-state index contributed by atoms with van der Waals surface area (Å²) >= 11 is 8.29. The SMILES string of the molecule is C=C1C(=O)OC(c2nn(-c3ccccc3)c(-c3ccc(F)cc3)c2I)C1c1ccc(Cl)cc1. The normalized spacial score (nSPS) is 17.9. The van der Waals surface area contributed by atoms with Gasteiger partial charge in [-0.25, -0.2) is 13.9 Å². The number of carbonyl (C=O) groups is 1. The van der Waals surface area contributed by atoms with E-state index in [1.54, 1.807) is 28.9 Å². The second-order valence-electron chi connectivity index (χ2n) is 7.68. The molecule has 0 spiro atoms. The molecule has 1 aromatic heterocycles. The Hall–Kier alpha value is -2.97. The lowest BCUT2D eigenvalue weighted by molar-refractivity contribution is -0.139. The summed E-state index contributed by atoms with van der Waals surface area (Å²) in [6.07, 6.45) is -0.651. The largest absolute Gasteiger partial charge is 0.451 e. The number of aromatic nitrogens is 2. The van der Waals surface area contributed by atoms with Crippen molar-refractivity contribution in [3.63, 3.8) is 0 Å². The minimum atomic E-state index is -0.651. The molecule has 7 heteroatoms. The standard InChI is InChI=1S/C26H17ClFIN2O2/c1-15-21(16-7-11-18(27)12-8-16)25(33-26(15)32)23-22(29)24(17-9-13-19(28)14-10-17)31(30-23)20-5-3-2-4-6-20/h2-14,21,25H,1H2. The highest BCUT2D eigenvalue weighted by molar-refractivity contribution is 14.1. The fraction of sp³-hybridized carbons (Fsp3) is 0.0769. The van der Waals surface area contributed by atoms with Crippen LogP contribution < -0.4 is 0 Å². The molecule has 1 saturated heterocycles. The molecule has 4 nitrogen and oxygen atoms in total. The Kier molecular flexibility index (Phi) is 5.80. The second-order valence-corrected chi connectivity index (χ2v) is 9.20. The van der Waals surface area contributed by atoms with Crippen LogP contribution in [-0.2, 0) is 9.53 Å². The first-order valence-electron chi connectivity index (χ1n) is 10.2. The van der Waals surface area contributed by atoms with E-state index in [9.17, 15) is 9.18 Å². The third-order valence-corrected chi connectivity index (χ3v) is 6.96. The average molecular weight is 571 g/mol. The Morgan fingerprint density at radius 1 is 1.00 bits per heavy atom. The molecule has 0 N–H and O–H groups in total. The third-order valence-electron chi connectivity index (χ3n) is 5.64. The molecule has 0 aliphatic carbocycles. The van der Waals surface area contributed by atoms with Gasteiger partial charge >= 0.3 is 5.97 Å². The number of cyclic esters (lactones) is 1. The molecular formula is C26H17ClFIN2O2. The van der Waals surface area contributed by atoms with Crippen LogP contribution in [0.5, 0.6) is 0 Å². The minimum absolute atomic E-state index is 0.316. The van der Waals surface area contributed by atoms with Crippen molar-refractivity contribution < 1.29 is 13.9 Å². The summed E-state index contributed by atoms with van der Waals surface area (Å²) in [5.41, 5.74) is 4.29. The van der Waals surface area contributed by atoms with E-state index in [1.165, 1.54) is 12.1 Å². The number of para-hydroxylation sites is 1. The molecule has 2 heterocycles. The van der Waals surface area contributed by atoms with Crippen molar-refractivity contribution in [2.24, 2.45) is 0 Å². The Morgan fingerprint density at radius 3 is 2.33 bits per heavy atom. The van der Waals surface area contributed by atoms with E-state index >= 15 is 0 Å². The number of hydrogen-bond acceptors (Lipinski definition) is 3. The lowest BCUT2D eigenvalue weighted by Crippen LogP contribution is -2.09. The number of esters is 1. The molecule has 0 amide bonds. The quantitative estimate of drug-likeness (QED) is 0.153. The van der Waals surface area contributed by atoms with E-state index in [-0.39, 0.29) is 5.82 Å². The van der Waals surface area contributed by atoms with Gasteiger partial charge in [0.2, 0.25) is 0 Å². The minimum Gasteiger partial charge on any atom is -0.451 e. The van der Waals surface area contributed by atoms with Crippen molar-refractivity contribution in [1.82, 2.24) is 9.78 Å². The first-order chi connectivity index (χ1) is 15.9. The van der Waals surface area contributed by atoms with Gasteiger partial charge in [-0.1, -0.05) is 48.5 Å². The maximum atomic E-state index is 13.6. The van der Waals surface area contributed by atoms with Crippen LogP contribution in [0.2, 0.25) is 5.02 Å². The summed E-state index contributed by atoms with van der Waals surface area (Å²) in [6.45, 7) is 3.99. The van der Waals surface area contributed by atoms with Crippen LogP contribution in [0.3, 0.4) is 0 Å². The number of nitrogens with zero attached hydrogens (tertiary/aromatic N) is 2. The summed E-state index contributed by atoms with van der Waals surface area (Å²) in [5, 5.41) is 5.50. The van der Waals surface area contributed by atoms with Gasteiger partial charge in [0.25, 0.3) is 0 Å². The van der Waals surface area contributed by atoms with E-state index in [0.29, 0.717) is 16.3 Å². The van der Waals surface area contributed by atoms with Crippen molar-refractivity contribution in [3.05, 3.63) is 117 Å². The summed E-state index contributed by atoms with van der Waals surface area (Å²) in [4.78, 5) is 12.6. The monoisotopic (exact) mass is 570 g/mol.